The molecule has 2 aromatic heterocycles. The number of benzene rings is 2. The second-order valence-corrected chi connectivity index (χ2v) is 12.6. The molecule has 0 spiro atoms. The summed E-state index contributed by atoms with van der Waals surface area (Å²) < 4.78 is 33.6. The van der Waals surface area contributed by atoms with Crippen LogP contribution in [-0.2, 0) is 0 Å². The van der Waals surface area contributed by atoms with Crippen LogP contribution in [0, 0.1) is 23.5 Å². The van der Waals surface area contributed by atoms with Gasteiger partial charge in [-0.2, -0.15) is 0 Å². The second kappa shape index (κ2) is 13.1. The molecule has 6 rings (SSSR count). The molecule has 210 valence electrons. The summed E-state index contributed by atoms with van der Waals surface area (Å²) in [7, 11) is 1.48. The average molecular weight is 575 g/mol. The minimum atomic E-state index is -0.614. The lowest BCUT2D eigenvalue weighted by atomic mass is 9.89. The summed E-state index contributed by atoms with van der Waals surface area (Å²) in [5.74, 6) is 0.476. The van der Waals surface area contributed by atoms with E-state index in [1.54, 1.807) is 17.4 Å². The highest BCUT2D eigenvalue weighted by Crippen LogP contribution is 2.33. The number of anilines is 2. The molecule has 2 aliphatic rings. The molecular weight excluding hydrogens is 538 g/mol. The number of hydrogen-bond acceptors (Lipinski definition) is 8. The van der Waals surface area contributed by atoms with E-state index in [0.29, 0.717) is 11.0 Å². The van der Waals surface area contributed by atoms with E-state index in [1.165, 1.54) is 101 Å². The summed E-state index contributed by atoms with van der Waals surface area (Å²) in [5.41, 5.74) is 1.30. The molecule has 2 saturated carbocycles. The number of rotatable bonds is 7. The van der Waals surface area contributed by atoms with Crippen molar-refractivity contribution in [2.75, 3.05) is 30.8 Å². The average Bonchev–Trinajstić information content (AvgIpc) is 3.54. The smallest absolute Gasteiger partial charge is 0.183 e. The number of methoxy groups -OCH3 is 1. The van der Waals surface area contributed by atoms with Crippen LogP contribution in [0.2, 0.25) is 0 Å². The molecule has 2 aromatic carbocycles. The molecule has 0 aliphatic heterocycles. The number of ether oxygens (including phenoxy) is 1. The molecule has 6 nitrogen and oxygen atoms in total. The number of hydrogen-bond donors (Lipinski definition) is 3. The first-order chi connectivity index (χ1) is 19.0. The topological polar surface area (TPSA) is 79.3 Å². The molecule has 39 heavy (non-hydrogen) atoms. The van der Waals surface area contributed by atoms with Crippen molar-refractivity contribution in [3.63, 3.8) is 0 Å². The van der Waals surface area contributed by atoms with Crippen LogP contribution in [0.25, 0.3) is 20.4 Å². The Morgan fingerprint density at radius 2 is 1.26 bits per heavy atom. The van der Waals surface area contributed by atoms with Gasteiger partial charge in [-0.05, 0) is 37.5 Å². The molecule has 0 radical (unpaired) electrons. The third-order valence-corrected chi connectivity index (χ3v) is 9.60. The van der Waals surface area contributed by atoms with Crippen LogP contribution < -0.4 is 15.4 Å². The van der Waals surface area contributed by atoms with Gasteiger partial charge in [0.25, 0.3) is 0 Å². The molecular formula is C29H36F2N4O2S2. The second-order valence-electron chi connectivity index (χ2n) is 10.5. The number of nitrogens with zero attached hydrogens (tertiary/aromatic N) is 2. The van der Waals surface area contributed by atoms with Crippen molar-refractivity contribution in [1.29, 1.82) is 0 Å². The van der Waals surface area contributed by atoms with Crippen LogP contribution in [-0.4, -0.2) is 35.3 Å². The predicted molar refractivity (Wildman–Crippen MR) is 158 cm³/mol. The highest BCUT2D eigenvalue weighted by molar-refractivity contribution is 7.22. The van der Waals surface area contributed by atoms with Crippen LogP contribution in [0.5, 0.6) is 11.5 Å². The maximum absolute atomic E-state index is 13.6. The van der Waals surface area contributed by atoms with Gasteiger partial charge < -0.3 is 20.5 Å². The molecule has 4 aromatic rings. The van der Waals surface area contributed by atoms with Gasteiger partial charge in [-0.1, -0.05) is 61.2 Å². The Hall–Kier alpha value is -2.72. The minimum absolute atomic E-state index is 0.278. The Kier molecular flexibility index (Phi) is 9.34. The molecule has 0 amide bonds. The maximum atomic E-state index is 13.6. The fourth-order valence-electron chi connectivity index (χ4n) is 5.42. The van der Waals surface area contributed by atoms with E-state index in [-0.39, 0.29) is 17.3 Å². The van der Waals surface area contributed by atoms with Crippen molar-refractivity contribution in [2.24, 2.45) is 11.8 Å². The standard InChI is InChI=1S/C15H19FN2OS.C14H17FN2OS/c1-19-13-8-14-12(7-11(13)16)18-15(20-14)17-9-10-5-3-2-4-6-10;15-10-6-11-13(7-12(10)18)19-14(17-11)16-8-9-4-2-1-3-5-9/h7-8,10H,2-6,9H2,1H3,(H,17,18);6-7,9,18H,1-5,8H2,(H,16,17). The number of aromatic hydroxyl groups is 1. The van der Waals surface area contributed by atoms with Crippen LogP contribution >= 0.6 is 22.7 Å². The van der Waals surface area contributed by atoms with Crippen molar-refractivity contribution >= 4 is 53.4 Å². The maximum Gasteiger partial charge on any atom is 0.183 e. The Balaban J connectivity index is 0.000000158. The number of fused-ring (bicyclic) bond motifs is 2. The first-order valence-corrected chi connectivity index (χ1v) is 15.5. The van der Waals surface area contributed by atoms with Gasteiger partial charge in [-0.15, -0.1) is 0 Å². The van der Waals surface area contributed by atoms with Crippen LogP contribution in [0.15, 0.2) is 24.3 Å². The van der Waals surface area contributed by atoms with Crippen molar-refractivity contribution in [3.8, 4) is 11.5 Å². The van der Waals surface area contributed by atoms with E-state index >= 15 is 0 Å². The molecule has 2 aliphatic carbocycles. The van der Waals surface area contributed by atoms with E-state index in [4.69, 9.17) is 4.74 Å². The molecule has 0 saturated heterocycles. The number of phenolic OH excluding ortho intramolecular Hbond substituents is 1. The normalized spacial score (nSPS) is 16.7. The quantitative estimate of drug-likeness (QED) is 0.205. The summed E-state index contributed by atoms with van der Waals surface area (Å²) in [4.78, 5) is 8.80. The summed E-state index contributed by atoms with van der Waals surface area (Å²) in [6, 6.07) is 5.88. The zero-order chi connectivity index (χ0) is 27.2. The van der Waals surface area contributed by atoms with Gasteiger partial charge in [0, 0.05) is 37.4 Å². The first kappa shape index (κ1) is 27.8. The fraction of sp³-hybridized carbons (Fsp3) is 0.517. The summed E-state index contributed by atoms with van der Waals surface area (Å²) >= 11 is 3.02. The zero-order valence-corrected chi connectivity index (χ0v) is 23.9. The number of aromatic nitrogens is 2. The zero-order valence-electron chi connectivity index (χ0n) is 22.3. The van der Waals surface area contributed by atoms with Crippen molar-refractivity contribution < 1.29 is 18.6 Å². The summed E-state index contributed by atoms with van der Waals surface area (Å²) in [6.07, 6.45) is 13.2. The van der Waals surface area contributed by atoms with Crippen molar-refractivity contribution in [3.05, 3.63) is 35.9 Å². The van der Waals surface area contributed by atoms with Crippen LogP contribution in [0.1, 0.15) is 64.2 Å². The van der Waals surface area contributed by atoms with Gasteiger partial charge in [-0.25, -0.2) is 18.7 Å². The number of halogens is 2. The largest absolute Gasteiger partial charge is 0.505 e. The molecule has 0 atom stereocenters. The van der Waals surface area contributed by atoms with Gasteiger partial charge in [0.05, 0.1) is 27.5 Å². The van der Waals surface area contributed by atoms with Gasteiger partial charge in [-0.3, -0.25) is 0 Å². The Morgan fingerprint density at radius 3 is 1.77 bits per heavy atom. The Morgan fingerprint density at radius 1 is 0.769 bits per heavy atom. The summed E-state index contributed by atoms with van der Waals surface area (Å²) in [5, 5.41) is 17.8. The summed E-state index contributed by atoms with van der Waals surface area (Å²) in [6.45, 7) is 1.91. The number of nitrogens with one attached hydrogen (secondary N) is 2. The molecule has 10 heteroatoms. The van der Waals surface area contributed by atoms with Crippen molar-refractivity contribution in [2.45, 2.75) is 64.2 Å². The highest BCUT2D eigenvalue weighted by atomic mass is 32.1. The lowest BCUT2D eigenvalue weighted by molar-refractivity contribution is 0.373. The lowest BCUT2D eigenvalue weighted by Gasteiger charge is -2.21. The third kappa shape index (κ3) is 7.28. The minimum Gasteiger partial charge on any atom is -0.505 e. The van der Waals surface area contributed by atoms with E-state index in [2.05, 4.69) is 20.6 Å². The monoisotopic (exact) mass is 574 g/mol. The van der Waals surface area contributed by atoms with Gasteiger partial charge in [0.15, 0.2) is 33.4 Å². The Labute approximate surface area is 235 Å². The van der Waals surface area contributed by atoms with E-state index in [0.717, 1.165) is 44.6 Å². The van der Waals surface area contributed by atoms with E-state index < -0.39 is 5.82 Å². The molecule has 0 bridgehead atoms. The van der Waals surface area contributed by atoms with Gasteiger partial charge >= 0.3 is 0 Å². The SMILES string of the molecule is COc1cc2sc(NCC3CCCCC3)nc2cc1F.Oc1cc2sc(NCC3CCCCC3)nc2cc1F. The van der Waals surface area contributed by atoms with E-state index in [9.17, 15) is 13.9 Å². The first-order valence-electron chi connectivity index (χ1n) is 13.9. The van der Waals surface area contributed by atoms with Crippen LogP contribution in [0.3, 0.4) is 0 Å². The third-order valence-electron chi connectivity index (χ3n) is 7.65. The number of phenols is 1. The van der Waals surface area contributed by atoms with Gasteiger partial charge in [0.1, 0.15) is 0 Å². The van der Waals surface area contributed by atoms with Crippen LogP contribution in [0.4, 0.5) is 19.0 Å². The van der Waals surface area contributed by atoms with Crippen molar-refractivity contribution in [1.82, 2.24) is 9.97 Å². The predicted octanol–water partition coefficient (Wildman–Crippen LogP) is 8.57. The molecule has 2 fully saturated rings. The molecule has 2 heterocycles. The number of thiazole rings is 2. The molecule has 3 N–H and O–H groups in total. The fourth-order valence-corrected chi connectivity index (χ4v) is 7.19. The lowest BCUT2D eigenvalue weighted by Crippen LogP contribution is -2.16. The highest BCUT2D eigenvalue weighted by Gasteiger charge is 2.16. The van der Waals surface area contributed by atoms with E-state index in [1.807, 2.05) is 0 Å². The Bertz CT molecular complexity index is 1340. The van der Waals surface area contributed by atoms with Gasteiger partial charge in [0.2, 0.25) is 0 Å². The molecule has 0 unspecified atom stereocenters.